The number of thiazole rings is 1. The van der Waals surface area contributed by atoms with E-state index < -0.39 is 0 Å². The lowest BCUT2D eigenvalue weighted by Crippen LogP contribution is -2.36. The smallest absolute Gasteiger partial charge is 0.326 e. The number of carbonyl (C=O) groups excluding carboxylic acids is 3. The van der Waals surface area contributed by atoms with Crippen molar-refractivity contribution >= 4 is 67.0 Å². The van der Waals surface area contributed by atoms with Crippen molar-refractivity contribution in [2.24, 2.45) is 4.99 Å². The Morgan fingerprint density at radius 1 is 1.20 bits per heavy atom. The molecule has 162 valence electrons. The van der Waals surface area contributed by atoms with Crippen molar-refractivity contribution in [2.45, 2.75) is 32.7 Å². The molecule has 1 aliphatic heterocycles. The minimum Gasteiger partial charge on any atom is -0.465 e. The normalized spacial score (nSPS) is 14.9. The van der Waals surface area contributed by atoms with Crippen LogP contribution in [0, 0.1) is 0 Å². The molecule has 0 saturated carbocycles. The molecule has 1 saturated heterocycles. The Bertz CT molecular complexity index is 996. The zero-order chi connectivity index (χ0) is 21.5. The highest BCUT2D eigenvalue weighted by molar-refractivity contribution is 9.10. The fourth-order valence-corrected chi connectivity index (χ4v) is 5.52. The number of rotatable bonds is 7. The summed E-state index contributed by atoms with van der Waals surface area (Å²) in [6.07, 6.45) is 3.27. The molecule has 1 aromatic carbocycles. The van der Waals surface area contributed by atoms with E-state index in [1.807, 2.05) is 23.1 Å². The SMILES string of the molecule is CCOC(=O)Cn1c(=NC(=O)CSCC(=O)N2CCCCC2)sc2cc(Br)ccc21. The summed E-state index contributed by atoms with van der Waals surface area (Å²) in [5, 5.41) is 0. The van der Waals surface area contributed by atoms with Gasteiger partial charge in [-0.2, -0.15) is 4.99 Å². The van der Waals surface area contributed by atoms with E-state index >= 15 is 0 Å². The zero-order valence-corrected chi connectivity index (χ0v) is 20.0. The first-order valence-electron chi connectivity index (χ1n) is 9.85. The highest BCUT2D eigenvalue weighted by Gasteiger charge is 2.17. The second-order valence-corrected chi connectivity index (χ2v) is 9.74. The molecule has 3 rings (SSSR count). The topological polar surface area (TPSA) is 81.0 Å². The van der Waals surface area contributed by atoms with Crippen LogP contribution in [0.4, 0.5) is 0 Å². The van der Waals surface area contributed by atoms with Gasteiger partial charge in [0.1, 0.15) is 6.54 Å². The van der Waals surface area contributed by atoms with Crippen molar-refractivity contribution in [3.63, 3.8) is 0 Å². The second-order valence-electron chi connectivity index (χ2n) is 6.83. The highest BCUT2D eigenvalue weighted by atomic mass is 79.9. The quantitative estimate of drug-likeness (QED) is 0.531. The third kappa shape index (κ3) is 6.18. The Hall–Kier alpha value is -1.65. The van der Waals surface area contributed by atoms with Crippen molar-refractivity contribution in [1.82, 2.24) is 9.47 Å². The molecule has 2 heterocycles. The van der Waals surface area contributed by atoms with Gasteiger partial charge in [-0.25, -0.2) is 0 Å². The van der Waals surface area contributed by atoms with Crippen molar-refractivity contribution in [3.05, 3.63) is 27.5 Å². The number of halogens is 1. The number of thioether (sulfide) groups is 1. The van der Waals surface area contributed by atoms with E-state index in [9.17, 15) is 14.4 Å². The summed E-state index contributed by atoms with van der Waals surface area (Å²) in [5.41, 5.74) is 0.815. The highest BCUT2D eigenvalue weighted by Crippen LogP contribution is 2.22. The Balaban J connectivity index is 1.71. The Kier molecular flexibility index (Phi) is 8.52. The van der Waals surface area contributed by atoms with E-state index in [4.69, 9.17) is 4.74 Å². The lowest BCUT2D eigenvalue weighted by Gasteiger charge is -2.26. The van der Waals surface area contributed by atoms with Gasteiger partial charge in [0.15, 0.2) is 4.80 Å². The number of ether oxygens (including phenoxy) is 1. The monoisotopic (exact) mass is 513 g/mol. The Morgan fingerprint density at radius 2 is 1.97 bits per heavy atom. The Morgan fingerprint density at radius 3 is 2.70 bits per heavy atom. The molecule has 0 atom stereocenters. The van der Waals surface area contributed by atoms with Crippen molar-refractivity contribution in [2.75, 3.05) is 31.2 Å². The van der Waals surface area contributed by atoms with Crippen LogP contribution in [-0.4, -0.2) is 58.5 Å². The largest absolute Gasteiger partial charge is 0.465 e. The van der Waals surface area contributed by atoms with Gasteiger partial charge in [-0.15, -0.1) is 11.8 Å². The molecule has 1 aliphatic rings. The molecular weight excluding hydrogens is 490 g/mol. The van der Waals surface area contributed by atoms with Gasteiger partial charge in [-0.3, -0.25) is 14.4 Å². The molecule has 0 spiro atoms. The minimum absolute atomic E-state index is 0.0117. The summed E-state index contributed by atoms with van der Waals surface area (Å²) in [5.74, 6) is -0.220. The van der Waals surface area contributed by atoms with Crippen LogP contribution in [-0.2, 0) is 25.7 Å². The molecular formula is C20H24BrN3O4S2. The number of likely N-dealkylation sites (tertiary alicyclic amines) is 1. The number of carbonyl (C=O) groups is 3. The molecule has 0 N–H and O–H groups in total. The number of benzene rings is 1. The number of aromatic nitrogens is 1. The van der Waals surface area contributed by atoms with E-state index in [0.717, 1.165) is 40.6 Å². The molecule has 1 fully saturated rings. The molecule has 0 bridgehead atoms. The maximum atomic E-state index is 12.4. The number of esters is 1. The third-order valence-electron chi connectivity index (χ3n) is 4.62. The summed E-state index contributed by atoms with van der Waals surface area (Å²) in [7, 11) is 0. The van der Waals surface area contributed by atoms with E-state index in [1.165, 1.54) is 29.5 Å². The predicted octanol–water partition coefficient (Wildman–Crippen LogP) is 3.20. The number of hydrogen-bond acceptors (Lipinski definition) is 6. The van der Waals surface area contributed by atoms with E-state index in [0.29, 0.717) is 11.4 Å². The molecule has 0 aliphatic carbocycles. The summed E-state index contributed by atoms with van der Waals surface area (Å²) < 4.78 is 8.58. The summed E-state index contributed by atoms with van der Waals surface area (Å²) >= 11 is 6.07. The van der Waals surface area contributed by atoms with Gasteiger partial charge in [0.25, 0.3) is 5.91 Å². The first kappa shape index (κ1) is 23.0. The molecule has 2 amide bonds. The first-order valence-corrected chi connectivity index (χ1v) is 12.6. The zero-order valence-electron chi connectivity index (χ0n) is 16.8. The van der Waals surface area contributed by atoms with Crippen LogP contribution in [0.15, 0.2) is 27.7 Å². The van der Waals surface area contributed by atoms with Gasteiger partial charge in [-0.1, -0.05) is 27.3 Å². The van der Waals surface area contributed by atoms with E-state index in [1.54, 1.807) is 11.5 Å². The third-order valence-corrected chi connectivity index (χ3v) is 7.05. The van der Waals surface area contributed by atoms with Gasteiger partial charge in [0.05, 0.1) is 28.3 Å². The van der Waals surface area contributed by atoms with E-state index in [-0.39, 0.29) is 35.8 Å². The average molecular weight is 514 g/mol. The van der Waals surface area contributed by atoms with Crippen LogP contribution in [0.25, 0.3) is 10.2 Å². The summed E-state index contributed by atoms with van der Waals surface area (Å²) in [6.45, 7) is 3.65. The van der Waals surface area contributed by atoms with Crippen molar-refractivity contribution in [3.8, 4) is 0 Å². The predicted molar refractivity (Wildman–Crippen MR) is 122 cm³/mol. The molecule has 7 nitrogen and oxygen atoms in total. The van der Waals surface area contributed by atoms with Crippen LogP contribution in [0.1, 0.15) is 26.2 Å². The molecule has 30 heavy (non-hydrogen) atoms. The van der Waals surface area contributed by atoms with Gasteiger partial charge in [-0.05, 0) is 44.4 Å². The van der Waals surface area contributed by atoms with Gasteiger partial charge >= 0.3 is 5.97 Å². The van der Waals surface area contributed by atoms with E-state index in [2.05, 4.69) is 20.9 Å². The van der Waals surface area contributed by atoms with Crippen LogP contribution >= 0.6 is 39.0 Å². The van der Waals surface area contributed by atoms with Crippen LogP contribution in [0.2, 0.25) is 0 Å². The Labute approximate surface area is 191 Å². The average Bonchev–Trinajstić information content (AvgIpc) is 3.04. The molecule has 0 radical (unpaired) electrons. The second kappa shape index (κ2) is 11.1. The standard InChI is InChI=1S/C20H24BrN3O4S2/c1-2-28-19(27)11-24-15-7-6-14(21)10-16(15)30-20(24)22-17(25)12-29-13-18(26)23-8-4-3-5-9-23/h6-7,10H,2-5,8-9,11-13H2,1H3. The van der Waals surface area contributed by atoms with Crippen LogP contribution < -0.4 is 4.80 Å². The molecule has 1 aromatic heterocycles. The summed E-state index contributed by atoms with van der Waals surface area (Å²) in [4.78, 5) is 43.2. The van der Waals surface area contributed by atoms with Crippen LogP contribution in [0.3, 0.4) is 0 Å². The molecule has 10 heteroatoms. The first-order chi connectivity index (χ1) is 14.5. The van der Waals surface area contributed by atoms with Gasteiger partial charge in [0, 0.05) is 17.6 Å². The lowest BCUT2D eigenvalue weighted by atomic mass is 10.1. The van der Waals surface area contributed by atoms with Gasteiger partial charge < -0.3 is 14.2 Å². The number of nitrogens with zero attached hydrogens (tertiary/aromatic N) is 3. The fourth-order valence-electron chi connectivity index (χ4n) is 3.22. The molecule has 2 aromatic rings. The number of fused-ring (bicyclic) bond motifs is 1. The van der Waals surface area contributed by atoms with Gasteiger partial charge in [0.2, 0.25) is 5.91 Å². The van der Waals surface area contributed by atoms with Crippen molar-refractivity contribution in [1.29, 1.82) is 0 Å². The maximum Gasteiger partial charge on any atom is 0.326 e. The fraction of sp³-hybridized carbons (Fsp3) is 0.500. The maximum absolute atomic E-state index is 12.4. The number of piperidine rings is 1. The number of amides is 2. The summed E-state index contributed by atoms with van der Waals surface area (Å²) in [6, 6.07) is 5.69. The number of hydrogen-bond donors (Lipinski definition) is 0. The minimum atomic E-state index is -0.379. The lowest BCUT2D eigenvalue weighted by molar-refractivity contribution is -0.143. The van der Waals surface area contributed by atoms with Crippen LogP contribution in [0.5, 0.6) is 0 Å². The molecule has 0 unspecified atom stereocenters. The van der Waals surface area contributed by atoms with Crippen molar-refractivity contribution < 1.29 is 19.1 Å².